The molecule has 0 saturated carbocycles. The number of anilines is 1. The molecule has 3 rings (SSSR count). The summed E-state index contributed by atoms with van der Waals surface area (Å²) in [4.78, 5) is 25.0. The number of hydrogen-bond acceptors (Lipinski definition) is 3. The lowest BCUT2D eigenvalue weighted by atomic mass is 10.1. The number of nitrogens with one attached hydrogen (secondary N) is 2. The second-order valence-electron chi connectivity index (χ2n) is 6.42. The average Bonchev–Trinajstić information content (AvgIpc) is 2.75. The normalized spacial score (nSPS) is 11.3. The molecule has 3 aromatic rings. The van der Waals surface area contributed by atoms with Crippen LogP contribution >= 0.6 is 0 Å². The molecule has 2 N–H and O–H groups in total. The van der Waals surface area contributed by atoms with Crippen molar-refractivity contribution in [2.75, 3.05) is 5.32 Å². The Morgan fingerprint density at radius 2 is 1.41 bits per heavy atom. The van der Waals surface area contributed by atoms with E-state index in [1.807, 2.05) is 60.7 Å². The molecule has 1 unspecified atom stereocenters. The van der Waals surface area contributed by atoms with E-state index in [4.69, 9.17) is 4.74 Å². The van der Waals surface area contributed by atoms with Gasteiger partial charge in [-0.25, -0.2) is 9.18 Å². The zero-order valence-electron chi connectivity index (χ0n) is 15.7. The Labute approximate surface area is 168 Å². The van der Waals surface area contributed by atoms with Crippen molar-refractivity contribution in [1.82, 2.24) is 5.32 Å². The van der Waals surface area contributed by atoms with Gasteiger partial charge in [0.15, 0.2) is 0 Å². The van der Waals surface area contributed by atoms with Gasteiger partial charge in [0.25, 0.3) is 0 Å². The van der Waals surface area contributed by atoms with Crippen LogP contribution in [0.3, 0.4) is 0 Å². The van der Waals surface area contributed by atoms with Crippen molar-refractivity contribution in [1.29, 1.82) is 0 Å². The molecule has 0 spiro atoms. The molecule has 0 saturated heterocycles. The van der Waals surface area contributed by atoms with Gasteiger partial charge in [0.2, 0.25) is 5.91 Å². The van der Waals surface area contributed by atoms with Crippen molar-refractivity contribution >= 4 is 17.7 Å². The van der Waals surface area contributed by atoms with Crippen LogP contribution in [0.25, 0.3) is 0 Å². The fourth-order valence-corrected chi connectivity index (χ4v) is 2.75. The largest absolute Gasteiger partial charge is 0.445 e. The van der Waals surface area contributed by atoms with Gasteiger partial charge < -0.3 is 15.4 Å². The predicted octanol–water partition coefficient (Wildman–Crippen LogP) is 4.30. The molecule has 2 amide bonds. The minimum Gasteiger partial charge on any atom is -0.445 e. The van der Waals surface area contributed by atoms with Crippen molar-refractivity contribution in [3.8, 4) is 0 Å². The van der Waals surface area contributed by atoms with Crippen LogP contribution in [0, 0.1) is 5.82 Å². The molecule has 0 radical (unpaired) electrons. The van der Waals surface area contributed by atoms with E-state index in [1.54, 1.807) is 6.07 Å². The molecule has 148 valence electrons. The summed E-state index contributed by atoms with van der Waals surface area (Å²) >= 11 is 0. The van der Waals surface area contributed by atoms with E-state index in [0.717, 1.165) is 11.1 Å². The summed E-state index contributed by atoms with van der Waals surface area (Å²) in [6.45, 7) is 0.0830. The molecule has 0 aliphatic rings. The fraction of sp³-hybridized carbons (Fsp3) is 0.130. The number of carbonyl (C=O) groups is 2. The third-order valence-electron chi connectivity index (χ3n) is 4.24. The molecule has 6 heteroatoms. The van der Waals surface area contributed by atoms with E-state index >= 15 is 0 Å². The standard InChI is InChI=1S/C23H21FN2O3/c24-19-13-7-8-14-20(19)25-22(27)21(15-17-9-3-1-4-10-17)26-23(28)29-16-18-11-5-2-6-12-18/h1-14,21H,15-16H2,(H,25,27)(H,26,28). The van der Waals surface area contributed by atoms with Crippen molar-refractivity contribution in [2.45, 2.75) is 19.1 Å². The number of para-hydroxylation sites is 1. The molecule has 0 aliphatic heterocycles. The molecule has 3 aromatic carbocycles. The lowest BCUT2D eigenvalue weighted by molar-refractivity contribution is -0.118. The van der Waals surface area contributed by atoms with E-state index in [-0.39, 0.29) is 18.7 Å². The summed E-state index contributed by atoms with van der Waals surface area (Å²) in [5, 5.41) is 5.11. The van der Waals surface area contributed by atoms with Crippen molar-refractivity contribution in [3.05, 3.63) is 102 Å². The van der Waals surface area contributed by atoms with Crippen LogP contribution in [0.2, 0.25) is 0 Å². The first-order valence-corrected chi connectivity index (χ1v) is 9.18. The third kappa shape index (κ3) is 6.17. The number of carbonyl (C=O) groups excluding carboxylic acids is 2. The first kappa shape index (κ1) is 20.1. The van der Waals surface area contributed by atoms with E-state index in [9.17, 15) is 14.0 Å². The summed E-state index contributed by atoms with van der Waals surface area (Å²) < 4.78 is 19.1. The van der Waals surface area contributed by atoms with Gasteiger partial charge in [-0.2, -0.15) is 0 Å². The number of benzene rings is 3. The zero-order valence-corrected chi connectivity index (χ0v) is 15.7. The van der Waals surface area contributed by atoms with E-state index < -0.39 is 23.9 Å². The van der Waals surface area contributed by atoms with Gasteiger partial charge >= 0.3 is 6.09 Å². The van der Waals surface area contributed by atoms with Crippen molar-refractivity contribution in [3.63, 3.8) is 0 Å². The Balaban J connectivity index is 1.67. The molecule has 0 fully saturated rings. The lowest BCUT2D eigenvalue weighted by Gasteiger charge is -2.19. The predicted molar refractivity (Wildman–Crippen MR) is 109 cm³/mol. The second kappa shape index (κ2) is 10.0. The highest BCUT2D eigenvalue weighted by Crippen LogP contribution is 2.14. The number of rotatable bonds is 7. The molecule has 5 nitrogen and oxygen atoms in total. The first-order valence-electron chi connectivity index (χ1n) is 9.18. The smallest absolute Gasteiger partial charge is 0.408 e. The van der Waals surface area contributed by atoms with Gasteiger partial charge in [0.1, 0.15) is 18.5 Å². The topological polar surface area (TPSA) is 67.4 Å². The molecule has 0 heterocycles. The molecule has 0 aliphatic carbocycles. The second-order valence-corrected chi connectivity index (χ2v) is 6.42. The van der Waals surface area contributed by atoms with Gasteiger partial charge in [-0.1, -0.05) is 72.8 Å². The monoisotopic (exact) mass is 392 g/mol. The summed E-state index contributed by atoms with van der Waals surface area (Å²) in [7, 11) is 0. The minimum atomic E-state index is -0.930. The average molecular weight is 392 g/mol. The number of hydrogen-bond donors (Lipinski definition) is 2. The SMILES string of the molecule is O=C(NC(Cc1ccccc1)C(=O)Nc1ccccc1F)OCc1ccccc1. The van der Waals surface area contributed by atoms with E-state index in [1.165, 1.54) is 18.2 Å². The highest BCUT2D eigenvalue weighted by atomic mass is 19.1. The van der Waals surface area contributed by atoms with Crippen LogP contribution in [0.5, 0.6) is 0 Å². The third-order valence-corrected chi connectivity index (χ3v) is 4.24. The summed E-state index contributed by atoms with van der Waals surface area (Å²) in [6.07, 6.45) is -0.486. The molecule has 0 aromatic heterocycles. The quantitative estimate of drug-likeness (QED) is 0.630. The molecule has 1 atom stereocenters. The number of halogens is 1. The van der Waals surface area contributed by atoms with Crippen molar-refractivity contribution in [2.24, 2.45) is 0 Å². The highest BCUT2D eigenvalue weighted by molar-refractivity contribution is 5.96. The fourth-order valence-electron chi connectivity index (χ4n) is 2.75. The lowest BCUT2D eigenvalue weighted by Crippen LogP contribution is -2.45. The maximum Gasteiger partial charge on any atom is 0.408 e. The highest BCUT2D eigenvalue weighted by Gasteiger charge is 2.23. The Kier molecular flexibility index (Phi) is 6.95. The van der Waals surface area contributed by atoms with Crippen molar-refractivity contribution < 1.29 is 18.7 Å². The maximum atomic E-state index is 13.9. The maximum absolute atomic E-state index is 13.9. The van der Waals surface area contributed by atoms with Gasteiger partial charge in [0, 0.05) is 6.42 Å². The Morgan fingerprint density at radius 1 is 0.828 bits per heavy atom. The van der Waals surface area contributed by atoms with E-state index in [2.05, 4.69) is 10.6 Å². The Morgan fingerprint density at radius 3 is 2.07 bits per heavy atom. The zero-order chi connectivity index (χ0) is 20.5. The van der Waals surface area contributed by atoms with Crippen LogP contribution in [-0.4, -0.2) is 18.0 Å². The number of ether oxygens (including phenoxy) is 1. The van der Waals surface area contributed by atoms with Gasteiger partial charge in [0.05, 0.1) is 5.69 Å². The Hall–Kier alpha value is -3.67. The van der Waals surface area contributed by atoms with Gasteiger partial charge in [-0.3, -0.25) is 4.79 Å². The van der Waals surface area contributed by atoms with Gasteiger partial charge in [-0.05, 0) is 23.3 Å². The summed E-state index contributed by atoms with van der Waals surface area (Å²) in [5.41, 5.74) is 1.73. The van der Waals surface area contributed by atoms with Crippen LogP contribution in [0.15, 0.2) is 84.9 Å². The molecular formula is C23H21FN2O3. The molecule has 29 heavy (non-hydrogen) atoms. The Bertz CT molecular complexity index is 949. The van der Waals surface area contributed by atoms with Crippen LogP contribution < -0.4 is 10.6 Å². The van der Waals surface area contributed by atoms with E-state index in [0.29, 0.717) is 0 Å². The van der Waals surface area contributed by atoms with Crippen LogP contribution in [-0.2, 0) is 22.6 Å². The minimum absolute atomic E-state index is 0.0509. The number of amides is 2. The summed E-state index contributed by atoms with van der Waals surface area (Å²) in [5.74, 6) is -1.08. The van der Waals surface area contributed by atoms with Crippen LogP contribution in [0.4, 0.5) is 14.9 Å². The van der Waals surface area contributed by atoms with Gasteiger partial charge in [-0.15, -0.1) is 0 Å². The molecular weight excluding hydrogens is 371 g/mol. The number of alkyl carbamates (subject to hydrolysis) is 1. The molecule has 0 bridgehead atoms. The first-order chi connectivity index (χ1) is 14.1. The van der Waals surface area contributed by atoms with Crippen LogP contribution in [0.1, 0.15) is 11.1 Å². The summed E-state index contributed by atoms with van der Waals surface area (Å²) in [6, 6.07) is 23.4.